The lowest BCUT2D eigenvalue weighted by molar-refractivity contribution is 0.302. The van der Waals surface area contributed by atoms with Crippen LogP contribution in [0.25, 0.3) is 22.4 Å². The predicted octanol–water partition coefficient (Wildman–Crippen LogP) is 5.22. The first kappa shape index (κ1) is 19.7. The summed E-state index contributed by atoms with van der Waals surface area (Å²) in [6.07, 6.45) is 1.82. The van der Waals surface area contributed by atoms with Crippen LogP contribution >= 0.6 is 0 Å². The van der Waals surface area contributed by atoms with Gasteiger partial charge in [-0.05, 0) is 30.5 Å². The minimum absolute atomic E-state index is 0.153. The average molecular weight is 380 g/mol. The molecule has 1 heterocycles. The van der Waals surface area contributed by atoms with Gasteiger partial charge in [0.05, 0.1) is 24.5 Å². The third kappa shape index (κ3) is 3.93. The molecule has 0 radical (unpaired) electrons. The molecule has 2 aromatic carbocycles. The lowest BCUT2D eigenvalue weighted by Gasteiger charge is -2.12. The highest BCUT2D eigenvalue weighted by Crippen LogP contribution is 2.45. The summed E-state index contributed by atoms with van der Waals surface area (Å²) in [5, 5.41) is 11.0. The van der Waals surface area contributed by atoms with Crippen molar-refractivity contribution in [3.05, 3.63) is 48.5 Å². The molecule has 5 nitrogen and oxygen atoms in total. The third-order valence-electron chi connectivity index (χ3n) is 4.58. The molecule has 3 rings (SSSR count). The van der Waals surface area contributed by atoms with E-state index in [0.717, 1.165) is 24.0 Å². The molecule has 0 aliphatic heterocycles. The fraction of sp³-hybridized carbons (Fsp3) is 0.304. The van der Waals surface area contributed by atoms with Gasteiger partial charge in [-0.3, -0.25) is 0 Å². The second kappa shape index (κ2) is 8.74. The molecule has 0 bridgehead atoms. The summed E-state index contributed by atoms with van der Waals surface area (Å²) >= 11 is 0. The van der Waals surface area contributed by atoms with Crippen LogP contribution in [0, 0.1) is 0 Å². The number of rotatable bonds is 8. The summed E-state index contributed by atoms with van der Waals surface area (Å²) in [6.45, 7) is 5.35. The molecule has 0 unspecified atom stereocenters. The van der Waals surface area contributed by atoms with Gasteiger partial charge in [-0.1, -0.05) is 44.2 Å². The summed E-state index contributed by atoms with van der Waals surface area (Å²) < 4.78 is 13.5. The van der Waals surface area contributed by atoms with Gasteiger partial charge < -0.3 is 24.9 Å². The van der Waals surface area contributed by atoms with Crippen molar-refractivity contribution < 1.29 is 14.6 Å². The number of nitrogen functional groups attached to an aromatic ring is 1. The number of nitrogens with two attached hydrogens (primary N) is 1. The molecule has 3 aromatic rings. The molecule has 1 aromatic heterocycles. The van der Waals surface area contributed by atoms with E-state index in [1.165, 1.54) is 0 Å². The van der Waals surface area contributed by atoms with Crippen LogP contribution in [-0.4, -0.2) is 22.9 Å². The van der Waals surface area contributed by atoms with Crippen molar-refractivity contribution in [1.82, 2.24) is 4.57 Å². The van der Waals surface area contributed by atoms with Gasteiger partial charge in [-0.2, -0.15) is 0 Å². The van der Waals surface area contributed by atoms with Gasteiger partial charge in [0, 0.05) is 18.7 Å². The molecule has 5 heteroatoms. The Morgan fingerprint density at radius 1 is 0.893 bits per heavy atom. The largest absolute Gasteiger partial charge is 0.505 e. The van der Waals surface area contributed by atoms with Crippen LogP contribution in [-0.2, 0) is 7.05 Å². The Hall–Kier alpha value is -3.08. The minimum Gasteiger partial charge on any atom is -0.505 e. The van der Waals surface area contributed by atoms with Crippen molar-refractivity contribution in [2.45, 2.75) is 26.7 Å². The van der Waals surface area contributed by atoms with E-state index in [0.29, 0.717) is 41.8 Å². The number of ether oxygens (including phenoxy) is 2. The molecule has 0 amide bonds. The molecule has 0 saturated carbocycles. The number of aromatic nitrogens is 1. The minimum atomic E-state index is 0.153. The van der Waals surface area contributed by atoms with E-state index in [2.05, 4.69) is 13.8 Å². The summed E-state index contributed by atoms with van der Waals surface area (Å²) in [6, 6.07) is 15.4. The van der Waals surface area contributed by atoms with E-state index in [1.54, 1.807) is 0 Å². The predicted molar refractivity (Wildman–Crippen MR) is 114 cm³/mol. The summed E-state index contributed by atoms with van der Waals surface area (Å²) in [4.78, 5) is 0. The highest BCUT2D eigenvalue weighted by Gasteiger charge is 2.22. The lowest BCUT2D eigenvalue weighted by Crippen LogP contribution is -2.00. The van der Waals surface area contributed by atoms with Crippen LogP contribution < -0.4 is 15.2 Å². The lowest BCUT2D eigenvalue weighted by atomic mass is 10.0. The highest BCUT2D eigenvalue weighted by molar-refractivity contribution is 5.90. The van der Waals surface area contributed by atoms with E-state index >= 15 is 0 Å². The number of benzene rings is 2. The van der Waals surface area contributed by atoms with Crippen LogP contribution in [0.5, 0.6) is 17.2 Å². The molecule has 3 N–H and O–H groups in total. The van der Waals surface area contributed by atoms with Crippen molar-refractivity contribution in [2.24, 2.45) is 7.05 Å². The molecule has 0 atom stereocenters. The van der Waals surface area contributed by atoms with Gasteiger partial charge in [0.1, 0.15) is 17.3 Å². The van der Waals surface area contributed by atoms with Crippen LogP contribution in [0.1, 0.15) is 26.7 Å². The second-order valence-electron chi connectivity index (χ2n) is 6.77. The zero-order valence-electron chi connectivity index (χ0n) is 16.7. The van der Waals surface area contributed by atoms with Crippen LogP contribution in [0.2, 0.25) is 0 Å². The second-order valence-corrected chi connectivity index (χ2v) is 6.77. The van der Waals surface area contributed by atoms with E-state index < -0.39 is 0 Å². The first-order valence-electron chi connectivity index (χ1n) is 9.70. The Balaban J connectivity index is 2.12. The van der Waals surface area contributed by atoms with Crippen molar-refractivity contribution in [1.29, 1.82) is 0 Å². The van der Waals surface area contributed by atoms with Crippen molar-refractivity contribution in [3.8, 4) is 39.6 Å². The Kier molecular flexibility index (Phi) is 6.14. The summed E-state index contributed by atoms with van der Waals surface area (Å²) in [5.74, 6) is 2.05. The molecular formula is C23H28N2O3. The topological polar surface area (TPSA) is 69.6 Å². The van der Waals surface area contributed by atoms with Gasteiger partial charge in [0.15, 0.2) is 5.75 Å². The smallest absolute Gasteiger partial charge is 0.151 e. The first-order valence-corrected chi connectivity index (χ1v) is 9.70. The molecule has 0 aliphatic carbocycles. The maximum Gasteiger partial charge on any atom is 0.151 e. The fourth-order valence-corrected chi connectivity index (χ4v) is 3.22. The fourth-order valence-electron chi connectivity index (χ4n) is 3.22. The molecule has 0 spiro atoms. The first-order chi connectivity index (χ1) is 13.6. The number of aromatic hydroxyl groups is 1. The maximum atomic E-state index is 11.0. The average Bonchev–Trinajstić information content (AvgIpc) is 2.93. The standard InChI is InChI=1S/C23H28N2O3/c1-4-11-27-18-13-17(14-19(15-18)28-12-5-2)20-22(26)21(25(3)23(20)24)16-9-7-6-8-10-16/h6-10,13-15,26H,4-5,11-12,24H2,1-3H3. The molecule has 28 heavy (non-hydrogen) atoms. The van der Waals surface area contributed by atoms with Crippen molar-refractivity contribution >= 4 is 5.82 Å². The molecule has 0 fully saturated rings. The van der Waals surface area contributed by atoms with Crippen molar-refractivity contribution in [2.75, 3.05) is 18.9 Å². The maximum absolute atomic E-state index is 11.0. The van der Waals surface area contributed by atoms with Gasteiger partial charge >= 0.3 is 0 Å². The van der Waals surface area contributed by atoms with Gasteiger partial charge in [0.2, 0.25) is 0 Å². The zero-order valence-corrected chi connectivity index (χ0v) is 16.7. The SMILES string of the molecule is CCCOc1cc(OCCC)cc(-c2c(O)c(-c3ccccc3)n(C)c2N)c1. The van der Waals surface area contributed by atoms with Crippen molar-refractivity contribution in [3.63, 3.8) is 0 Å². The highest BCUT2D eigenvalue weighted by atomic mass is 16.5. The van der Waals surface area contributed by atoms with E-state index in [4.69, 9.17) is 15.2 Å². The Morgan fingerprint density at radius 3 is 2.00 bits per heavy atom. The number of hydrogen-bond donors (Lipinski definition) is 2. The van der Waals surface area contributed by atoms with E-state index in [1.807, 2.05) is 60.1 Å². The summed E-state index contributed by atoms with van der Waals surface area (Å²) in [5.41, 5.74) is 9.34. The van der Waals surface area contributed by atoms with Crippen LogP contribution in [0.3, 0.4) is 0 Å². The molecular weight excluding hydrogens is 352 g/mol. The monoisotopic (exact) mass is 380 g/mol. The number of nitrogens with zero attached hydrogens (tertiary/aromatic N) is 1. The zero-order chi connectivity index (χ0) is 20.1. The molecule has 0 saturated heterocycles. The van der Waals surface area contributed by atoms with Crippen LogP contribution in [0.15, 0.2) is 48.5 Å². The van der Waals surface area contributed by atoms with Gasteiger partial charge in [-0.25, -0.2) is 0 Å². The number of anilines is 1. The van der Waals surface area contributed by atoms with E-state index in [9.17, 15) is 5.11 Å². The quantitative estimate of drug-likeness (QED) is 0.562. The van der Waals surface area contributed by atoms with Crippen LogP contribution in [0.4, 0.5) is 5.82 Å². The number of hydrogen-bond acceptors (Lipinski definition) is 4. The van der Waals surface area contributed by atoms with Gasteiger partial charge in [0.25, 0.3) is 0 Å². The van der Waals surface area contributed by atoms with E-state index in [-0.39, 0.29) is 5.75 Å². The Morgan fingerprint density at radius 2 is 1.46 bits per heavy atom. The molecule has 0 aliphatic rings. The normalized spacial score (nSPS) is 10.8. The Labute approximate surface area is 166 Å². The van der Waals surface area contributed by atoms with Gasteiger partial charge in [-0.15, -0.1) is 0 Å². The summed E-state index contributed by atoms with van der Waals surface area (Å²) in [7, 11) is 1.85. The molecule has 148 valence electrons. The Bertz CT molecular complexity index is 907. The third-order valence-corrected chi connectivity index (χ3v) is 4.58.